The first-order valence-corrected chi connectivity index (χ1v) is 6.39. The van der Waals surface area contributed by atoms with Crippen LogP contribution in [-0.4, -0.2) is 29.0 Å². The number of carbonyl (C=O) groups is 1. The molecule has 0 aliphatic carbocycles. The molecule has 0 aliphatic rings. The van der Waals surface area contributed by atoms with Crippen LogP contribution in [-0.2, 0) is 11.2 Å². The van der Waals surface area contributed by atoms with Gasteiger partial charge in [-0.2, -0.15) is 5.10 Å². The van der Waals surface area contributed by atoms with Crippen LogP contribution in [0.2, 0.25) is 0 Å². The van der Waals surface area contributed by atoms with Crippen LogP contribution in [0.5, 0.6) is 5.88 Å². The molecule has 1 amide bonds. The van der Waals surface area contributed by atoms with Crippen molar-refractivity contribution >= 4 is 6.09 Å². The van der Waals surface area contributed by atoms with Crippen molar-refractivity contribution in [2.24, 2.45) is 0 Å². The molecule has 0 fully saturated rings. The van der Waals surface area contributed by atoms with Gasteiger partial charge in [0.05, 0.1) is 18.8 Å². The van der Waals surface area contributed by atoms with E-state index >= 15 is 0 Å². The van der Waals surface area contributed by atoms with Crippen molar-refractivity contribution in [3.63, 3.8) is 0 Å². The van der Waals surface area contributed by atoms with E-state index in [0.29, 0.717) is 5.88 Å². The molecule has 19 heavy (non-hydrogen) atoms. The maximum Gasteiger partial charge on any atom is 0.408 e. The predicted octanol–water partition coefficient (Wildman–Crippen LogP) is 2.57. The normalized spacial score (nSPS) is 12.9. The summed E-state index contributed by atoms with van der Waals surface area (Å²) in [5, 5.41) is 9.77. The number of carbonyl (C=O) groups excluding carboxylic acids is 1. The summed E-state index contributed by atoms with van der Waals surface area (Å²) in [6.07, 6.45) is 0.319. The van der Waals surface area contributed by atoms with Gasteiger partial charge in [0.25, 0.3) is 0 Å². The average molecular weight is 269 g/mol. The highest BCUT2D eigenvalue weighted by molar-refractivity contribution is 5.68. The monoisotopic (exact) mass is 269 g/mol. The minimum Gasteiger partial charge on any atom is -0.481 e. The number of amides is 1. The Kier molecular flexibility index (Phi) is 4.80. The lowest BCUT2D eigenvalue weighted by molar-refractivity contribution is 0.0507. The third kappa shape index (κ3) is 4.15. The number of methoxy groups -OCH3 is 1. The van der Waals surface area contributed by atoms with Crippen LogP contribution >= 0.6 is 0 Å². The average Bonchev–Trinajstić information content (AvgIpc) is 2.68. The highest BCUT2D eigenvalue weighted by atomic mass is 16.6. The van der Waals surface area contributed by atoms with E-state index in [0.717, 1.165) is 17.7 Å². The van der Waals surface area contributed by atoms with Crippen LogP contribution in [0, 0.1) is 0 Å². The van der Waals surface area contributed by atoms with E-state index in [9.17, 15) is 4.79 Å². The van der Waals surface area contributed by atoms with Crippen LogP contribution in [0.1, 0.15) is 51.9 Å². The second kappa shape index (κ2) is 5.95. The van der Waals surface area contributed by atoms with Gasteiger partial charge in [-0.1, -0.05) is 6.92 Å². The Morgan fingerprint density at radius 3 is 2.58 bits per heavy atom. The van der Waals surface area contributed by atoms with Gasteiger partial charge < -0.3 is 14.8 Å². The molecule has 0 saturated heterocycles. The molecular formula is C13H23N3O3. The second-order valence-electron chi connectivity index (χ2n) is 5.34. The molecule has 1 unspecified atom stereocenters. The molecule has 6 heteroatoms. The quantitative estimate of drug-likeness (QED) is 0.880. The molecule has 0 aromatic carbocycles. The highest BCUT2D eigenvalue weighted by Gasteiger charge is 2.22. The molecule has 6 nitrogen and oxygen atoms in total. The van der Waals surface area contributed by atoms with Crippen molar-refractivity contribution in [3.8, 4) is 5.88 Å². The predicted molar refractivity (Wildman–Crippen MR) is 72.3 cm³/mol. The fourth-order valence-corrected chi connectivity index (χ4v) is 1.78. The summed E-state index contributed by atoms with van der Waals surface area (Å²) in [5.41, 5.74) is 1.22. The lowest BCUT2D eigenvalue weighted by Gasteiger charge is -2.21. The summed E-state index contributed by atoms with van der Waals surface area (Å²) in [7, 11) is 1.59. The van der Waals surface area contributed by atoms with E-state index in [4.69, 9.17) is 9.47 Å². The Morgan fingerprint density at radius 2 is 2.11 bits per heavy atom. The topological polar surface area (TPSA) is 76.2 Å². The summed E-state index contributed by atoms with van der Waals surface area (Å²) < 4.78 is 10.4. The minimum atomic E-state index is -0.513. The van der Waals surface area contributed by atoms with Crippen LogP contribution in [0.4, 0.5) is 4.79 Å². The largest absolute Gasteiger partial charge is 0.481 e. The Hall–Kier alpha value is -1.72. The summed E-state index contributed by atoms with van der Waals surface area (Å²) in [5.74, 6) is 0.635. The van der Waals surface area contributed by atoms with Gasteiger partial charge in [0.15, 0.2) is 0 Å². The van der Waals surface area contributed by atoms with Crippen LogP contribution in [0.25, 0.3) is 0 Å². The smallest absolute Gasteiger partial charge is 0.408 e. The number of hydrogen-bond donors (Lipinski definition) is 2. The Morgan fingerprint density at radius 1 is 1.47 bits per heavy atom. The first-order chi connectivity index (χ1) is 8.78. The fraction of sp³-hybridized carbons (Fsp3) is 0.692. The Labute approximate surface area is 113 Å². The first kappa shape index (κ1) is 15.3. The third-order valence-corrected chi connectivity index (χ3v) is 2.56. The summed E-state index contributed by atoms with van der Waals surface area (Å²) in [6, 6.07) is -0.245. The standard InChI is InChI=1S/C13H23N3O3/c1-7-9-10(15-16-11(9)18-6)8(2)14-12(17)19-13(3,4)5/h8H,7H2,1-6H3,(H,14,17)(H,15,16). The first-order valence-electron chi connectivity index (χ1n) is 6.39. The van der Waals surface area contributed by atoms with Crippen molar-refractivity contribution in [1.29, 1.82) is 0 Å². The second-order valence-corrected chi connectivity index (χ2v) is 5.34. The molecule has 0 saturated carbocycles. The Bertz CT molecular complexity index is 435. The van der Waals surface area contributed by atoms with Gasteiger partial charge in [0.2, 0.25) is 5.88 Å². The molecule has 0 bridgehead atoms. The van der Waals surface area contributed by atoms with Gasteiger partial charge in [-0.3, -0.25) is 0 Å². The molecule has 2 N–H and O–H groups in total. The highest BCUT2D eigenvalue weighted by Crippen LogP contribution is 2.24. The van der Waals surface area contributed by atoms with Crippen LogP contribution < -0.4 is 10.1 Å². The zero-order chi connectivity index (χ0) is 14.6. The number of ether oxygens (including phenoxy) is 2. The van der Waals surface area contributed by atoms with E-state index in [1.165, 1.54) is 0 Å². The van der Waals surface area contributed by atoms with Crippen molar-refractivity contribution < 1.29 is 14.3 Å². The van der Waals surface area contributed by atoms with Crippen LogP contribution in [0.15, 0.2) is 0 Å². The molecule has 1 heterocycles. The lowest BCUT2D eigenvalue weighted by atomic mass is 10.1. The van der Waals surface area contributed by atoms with Crippen molar-refractivity contribution in [3.05, 3.63) is 11.3 Å². The number of rotatable bonds is 4. The van der Waals surface area contributed by atoms with Crippen molar-refractivity contribution in [1.82, 2.24) is 15.5 Å². The lowest BCUT2D eigenvalue weighted by Crippen LogP contribution is -2.34. The van der Waals surface area contributed by atoms with E-state index in [1.54, 1.807) is 7.11 Å². The van der Waals surface area contributed by atoms with E-state index in [1.807, 2.05) is 34.6 Å². The number of nitrogens with zero attached hydrogens (tertiary/aromatic N) is 1. The van der Waals surface area contributed by atoms with E-state index < -0.39 is 11.7 Å². The minimum absolute atomic E-state index is 0.245. The maximum atomic E-state index is 11.7. The van der Waals surface area contributed by atoms with Crippen LogP contribution in [0.3, 0.4) is 0 Å². The number of aromatic nitrogens is 2. The summed E-state index contributed by atoms with van der Waals surface area (Å²) >= 11 is 0. The molecule has 108 valence electrons. The molecule has 0 radical (unpaired) electrons. The van der Waals surface area contributed by atoms with Crippen molar-refractivity contribution in [2.75, 3.05) is 7.11 Å². The zero-order valence-electron chi connectivity index (χ0n) is 12.5. The maximum absolute atomic E-state index is 11.7. The van der Waals surface area contributed by atoms with Gasteiger partial charge in [-0.15, -0.1) is 0 Å². The number of hydrogen-bond acceptors (Lipinski definition) is 4. The fourth-order valence-electron chi connectivity index (χ4n) is 1.78. The summed E-state index contributed by atoms with van der Waals surface area (Å²) in [6.45, 7) is 9.35. The molecular weight excluding hydrogens is 246 g/mol. The van der Waals surface area contributed by atoms with Crippen molar-refractivity contribution in [2.45, 2.75) is 52.7 Å². The van der Waals surface area contributed by atoms with Gasteiger partial charge in [0.1, 0.15) is 5.60 Å². The molecule has 0 aliphatic heterocycles. The number of alkyl carbamates (subject to hydrolysis) is 1. The molecule has 1 atom stereocenters. The van der Waals surface area contributed by atoms with Gasteiger partial charge in [-0.25, -0.2) is 9.89 Å². The summed E-state index contributed by atoms with van der Waals surface area (Å²) in [4.78, 5) is 11.7. The van der Waals surface area contributed by atoms with Gasteiger partial charge >= 0.3 is 6.09 Å². The number of aromatic amines is 1. The zero-order valence-corrected chi connectivity index (χ0v) is 12.5. The molecule has 1 aromatic rings. The SMILES string of the molecule is CCc1c(C(C)NC(=O)OC(C)(C)C)n[nH]c1OC. The number of nitrogens with one attached hydrogen (secondary N) is 2. The van der Waals surface area contributed by atoms with Gasteiger partial charge in [-0.05, 0) is 34.1 Å². The molecule has 1 rings (SSSR count). The third-order valence-electron chi connectivity index (χ3n) is 2.56. The van der Waals surface area contributed by atoms with E-state index in [-0.39, 0.29) is 6.04 Å². The molecule has 1 aromatic heterocycles. The van der Waals surface area contributed by atoms with E-state index in [2.05, 4.69) is 15.5 Å². The number of H-pyrrole nitrogens is 1. The molecule has 0 spiro atoms. The van der Waals surface area contributed by atoms with Gasteiger partial charge in [0, 0.05) is 5.56 Å². The Balaban J connectivity index is 2.76.